The fraction of sp³-hybridized carbons (Fsp3) is 0.333. The number of benzene rings is 2. The monoisotopic (exact) mass is 405 g/mol. The number of amides is 1. The molecule has 2 rings (SSSR count). The standard InChI is InChI=1S/C21H24ClNO3S/c1-13-11-14(2)20(15(3)12-13)23-21(25)16(4)26-19(24)9-10-27-18-7-5-17(22)6-8-18/h5-8,11-12,16H,9-10H2,1-4H3,(H,23,25)/t16-/m0/s1. The van der Waals surface area contributed by atoms with Gasteiger partial charge in [0.15, 0.2) is 6.10 Å². The summed E-state index contributed by atoms with van der Waals surface area (Å²) in [6.07, 6.45) is -0.619. The molecule has 0 aliphatic rings. The van der Waals surface area contributed by atoms with Crippen molar-refractivity contribution in [1.82, 2.24) is 0 Å². The molecule has 1 amide bonds. The Labute approximate surface area is 169 Å². The lowest BCUT2D eigenvalue weighted by Gasteiger charge is -2.17. The molecular formula is C21H24ClNO3S. The van der Waals surface area contributed by atoms with Crippen molar-refractivity contribution in [3.63, 3.8) is 0 Å². The number of esters is 1. The number of hydrogen-bond donors (Lipinski definition) is 1. The van der Waals surface area contributed by atoms with Crippen molar-refractivity contribution in [3.8, 4) is 0 Å². The number of nitrogens with one attached hydrogen (secondary N) is 1. The molecule has 6 heteroatoms. The van der Waals surface area contributed by atoms with E-state index in [2.05, 4.69) is 5.32 Å². The number of rotatable bonds is 7. The van der Waals surface area contributed by atoms with E-state index in [1.165, 1.54) is 0 Å². The molecule has 0 saturated carbocycles. The summed E-state index contributed by atoms with van der Waals surface area (Å²) in [5.41, 5.74) is 3.88. The van der Waals surface area contributed by atoms with Crippen molar-refractivity contribution < 1.29 is 14.3 Å². The highest BCUT2D eigenvalue weighted by molar-refractivity contribution is 7.99. The number of hydrogen-bond acceptors (Lipinski definition) is 4. The highest BCUT2D eigenvalue weighted by atomic mass is 35.5. The van der Waals surface area contributed by atoms with Crippen molar-refractivity contribution in [2.75, 3.05) is 11.1 Å². The predicted octanol–water partition coefficient (Wildman–Crippen LogP) is 5.32. The van der Waals surface area contributed by atoms with Gasteiger partial charge in [-0.1, -0.05) is 29.3 Å². The van der Waals surface area contributed by atoms with Crippen LogP contribution in [0.5, 0.6) is 0 Å². The van der Waals surface area contributed by atoms with Gasteiger partial charge in [0.2, 0.25) is 0 Å². The smallest absolute Gasteiger partial charge is 0.307 e. The lowest BCUT2D eigenvalue weighted by atomic mass is 10.0. The zero-order chi connectivity index (χ0) is 20.0. The van der Waals surface area contributed by atoms with Gasteiger partial charge in [0.05, 0.1) is 6.42 Å². The number of thioether (sulfide) groups is 1. The van der Waals surface area contributed by atoms with Crippen molar-refractivity contribution in [2.45, 2.75) is 45.1 Å². The summed E-state index contributed by atoms with van der Waals surface area (Å²) in [7, 11) is 0. The molecule has 2 aromatic rings. The highest BCUT2D eigenvalue weighted by Crippen LogP contribution is 2.23. The lowest BCUT2D eigenvalue weighted by molar-refractivity contribution is -0.152. The van der Waals surface area contributed by atoms with E-state index in [0.717, 1.165) is 27.3 Å². The average molecular weight is 406 g/mol. The van der Waals surface area contributed by atoms with Gasteiger partial charge in [-0.3, -0.25) is 9.59 Å². The Kier molecular flexibility index (Phi) is 7.75. The third-order valence-corrected chi connectivity index (χ3v) is 5.26. The van der Waals surface area contributed by atoms with E-state index in [1.54, 1.807) is 18.7 Å². The molecule has 0 aliphatic carbocycles. The molecule has 0 radical (unpaired) electrons. The van der Waals surface area contributed by atoms with Crippen LogP contribution >= 0.6 is 23.4 Å². The minimum Gasteiger partial charge on any atom is -0.453 e. The van der Waals surface area contributed by atoms with E-state index in [4.69, 9.17) is 16.3 Å². The molecule has 0 spiro atoms. The van der Waals surface area contributed by atoms with Crippen LogP contribution in [0.1, 0.15) is 30.0 Å². The molecular weight excluding hydrogens is 382 g/mol. The summed E-state index contributed by atoms with van der Waals surface area (Å²) in [5, 5.41) is 3.54. The van der Waals surface area contributed by atoms with Gasteiger partial charge in [-0.2, -0.15) is 0 Å². The Hall–Kier alpha value is -1.98. The van der Waals surface area contributed by atoms with Crippen LogP contribution < -0.4 is 5.32 Å². The third kappa shape index (κ3) is 6.60. The van der Waals surface area contributed by atoms with Crippen molar-refractivity contribution in [1.29, 1.82) is 0 Å². The largest absolute Gasteiger partial charge is 0.453 e. The van der Waals surface area contributed by atoms with Crippen LogP contribution in [0.15, 0.2) is 41.3 Å². The van der Waals surface area contributed by atoms with Crippen LogP contribution in [0.2, 0.25) is 5.02 Å². The van der Waals surface area contributed by atoms with Gasteiger partial charge in [0.1, 0.15) is 0 Å². The maximum absolute atomic E-state index is 12.4. The van der Waals surface area contributed by atoms with E-state index in [0.29, 0.717) is 10.8 Å². The van der Waals surface area contributed by atoms with Crippen LogP contribution in [-0.2, 0) is 14.3 Å². The second kappa shape index (κ2) is 9.81. The van der Waals surface area contributed by atoms with Gasteiger partial charge in [0, 0.05) is 21.4 Å². The van der Waals surface area contributed by atoms with Crippen molar-refractivity contribution in [2.24, 2.45) is 0 Å². The summed E-state index contributed by atoms with van der Waals surface area (Å²) in [5.74, 6) is -0.148. The van der Waals surface area contributed by atoms with Gasteiger partial charge >= 0.3 is 5.97 Å². The van der Waals surface area contributed by atoms with Crippen molar-refractivity contribution >= 4 is 40.9 Å². The SMILES string of the molecule is Cc1cc(C)c(NC(=O)[C@H](C)OC(=O)CCSc2ccc(Cl)cc2)c(C)c1. The van der Waals surface area contributed by atoms with Crippen LogP contribution in [0.25, 0.3) is 0 Å². The normalized spacial score (nSPS) is 11.7. The summed E-state index contributed by atoms with van der Waals surface area (Å²) < 4.78 is 5.26. The Balaban J connectivity index is 1.81. The number of ether oxygens (including phenoxy) is 1. The van der Waals surface area contributed by atoms with Crippen LogP contribution in [0, 0.1) is 20.8 Å². The quantitative estimate of drug-likeness (QED) is 0.500. The molecule has 144 valence electrons. The Morgan fingerprint density at radius 2 is 1.70 bits per heavy atom. The van der Waals surface area contributed by atoms with Gasteiger partial charge in [-0.15, -0.1) is 11.8 Å². The first kappa shape index (κ1) is 21.3. The predicted molar refractivity (Wildman–Crippen MR) is 112 cm³/mol. The van der Waals surface area contributed by atoms with Gasteiger partial charge in [0.25, 0.3) is 5.91 Å². The van der Waals surface area contributed by atoms with Crippen LogP contribution in [-0.4, -0.2) is 23.7 Å². The topological polar surface area (TPSA) is 55.4 Å². The van der Waals surface area contributed by atoms with E-state index in [-0.39, 0.29) is 12.3 Å². The molecule has 0 saturated heterocycles. The van der Waals surface area contributed by atoms with E-state index in [9.17, 15) is 9.59 Å². The molecule has 0 heterocycles. The number of anilines is 1. The third-order valence-electron chi connectivity index (χ3n) is 3.99. The van der Waals surface area contributed by atoms with Gasteiger partial charge < -0.3 is 10.1 Å². The molecule has 0 aliphatic heterocycles. The minimum atomic E-state index is -0.849. The number of carbonyl (C=O) groups excluding carboxylic acids is 2. The molecule has 0 unspecified atom stereocenters. The summed E-state index contributed by atoms with van der Waals surface area (Å²) in [6, 6.07) is 11.4. The van der Waals surface area contributed by atoms with E-state index < -0.39 is 12.1 Å². The first-order valence-electron chi connectivity index (χ1n) is 8.73. The molecule has 1 atom stereocenters. The zero-order valence-corrected chi connectivity index (χ0v) is 17.5. The number of aryl methyl sites for hydroxylation is 3. The number of halogens is 1. The minimum absolute atomic E-state index is 0.230. The lowest BCUT2D eigenvalue weighted by Crippen LogP contribution is -2.30. The van der Waals surface area contributed by atoms with E-state index in [1.807, 2.05) is 57.2 Å². The molecule has 0 aromatic heterocycles. The summed E-state index contributed by atoms with van der Waals surface area (Å²) >= 11 is 7.39. The van der Waals surface area contributed by atoms with Gasteiger partial charge in [-0.25, -0.2) is 0 Å². The fourth-order valence-corrected chi connectivity index (χ4v) is 3.65. The highest BCUT2D eigenvalue weighted by Gasteiger charge is 2.19. The second-order valence-corrected chi connectivity index (χ2v) is 8.05. The Morgan fingerprint density at radius 1 is 1.11 bits per heavy atom. The molecule has 0 bridgehead atoms. The maximum Gasteiger partial charge on any atom is 0.307 e. The molecule has 0 fully saturated rings. The second-order valence-electron chi connectivity index (χ2n) is 6.45. The zero-order valence-electron chi connectivity index (χ0n) is 16.0. The summed E-state index contributed by atoms with van der Waals surface area (Å²) in [4.78, 5) is 25.4. The van der Waals surface area contributed by atoms with Gasteiger partial charge in [-0.05, 0) is 63.1 Å². The molecule has 1 N–H and O–H groups in total. The Bertz CT molecular complexity index is 798. The van der Waals surface area contributed by atoms with Crippen molar-refractivity contribution in [3.05, 3.63) is 58.1 Å². The Morgan fingerprint density at radius 3 is 2.30 bits per heavy atom. The fourth-order valence-electron chi connectivity index (χ4n) is 2.69. The molecule has 27 heavy (non-hydrogen) atoms. The number of carbonyl (C=O) groups is 2. The van der Waals surface area contributed by atoms with Crippen LogP contribution in [0.3, 0.4) is 0 Å². The van der Waals surface area contributed by atoms with E-state index >= 15 is 0 Å². The average Bonchev–Trinajstić information content (AvgIpc) is 2.59. The molecule has 2 aromatic carbocycles. The van der Waals surface area contributed by atoms with Crippen LogP contribution in [0.4, 0.5) is 5.69 Å². The maximum atomic E-state index is 12.4. The first-order valence-corrected chi connectivity index (χ1v) is 10.1. The first-order chi connectivity index (χ1) is 12.8. The summed E-state index contributed by atoms with van der Waals surface area (Å²) in [6.45, 7) is 7.48. The molecule has 4 nitrogen and oxygen atoms in total.